The molecule has 0 radical (unpaired) electrons. The molecule has 0 bridgehead atoms. The van der Waals surface area contributed by atoms with Crippen LogP contribution in [-0.2, 0) is 10.3 Å². The zero-order valence-corrected chi connectivity index (χ0v) is 12.5. The predicted octanol–water partition coefficient (Wildman–Crippen LogP) is 4.52. The molecule has 0 amide bonds. The van der Waals surface area contributed by atoms with Gasteiger partial charge in [-0.15, -0.1) is 0 Å². The standard InChI is InChI=1S/C17H15BrO2/c18-15-12-20-17(11-16(15)19,13-7-3-1-4-8-13)14-9-5-2-6-10-14/h1-10,19H,11-12H2. The lowest BCUT2D eigenvalue weighted by Gasteiger charge is -2.38. The van der Waals surface area contributed by atoms with Crippen molar-refractivity contribution in [3.63, 3.8) is 0 Å². The van der Waals surface area contributed by atoms with Crippen LogP contribution in [0.5, 0.6) is 0 Å². The second kappa shape index (κ2) is 5.43. The van der Waals surface area contributed by atoms with Crippen LogP contribution in [0.15, 0.2) is 70.9 Å². The minimum Gasteiger partial charge on any atom is -0.511 e. The van der Waals surface area contributed by atoms with Crippen LogP contribution in [0.3, 0.4) is 0 Å². The fourth-order valence-corrected chi connectivity index (χ4v) is 2.86. The maximum atomic E-state index is 10.2. The predicted molar refractivity (Wildman–Crippen MR) is 82.8 cm³/mol. The van der Waals surface area contributed by atoms with E-state index in [1.807, 2.05) is 60.7 Å². The lowest BCUT2D eigenvalue weighted by atomic mass is 9.81. The summed E-state index contributed by atoms with van der Waals surface area (Å²) in [6, 6.07) is 20.1. The highest BCUT2D eigenvalue weighted by Gasteiger charge is 2.39. The molecule has 0 aliphatic carbocycles. The summed E-state index contributed by atoms with van der Waals surface area (Å²) in [5, 5.41) is 10.2. The largest absolute Gasteiger partial charge is 0.511 e. The number of benzene rings is 2. The Balaban J connectivity index is 2.15. The van der Waals surface area contributed by atoms with Crippen molar-refractivity contribution in [3.8, 4) is 0 Å². The first-order valence-electron chi connectivity index (χ1n) is 6.54. The smallest absolute Gasteiger partial charge is 0.126 e. The van der Waals surface area contributed by atoms with Crippen LogP contribution < -0.4 is 0 Å². The van der Waals surface area contributed by atoms with E-state index in [4.69, 9.17) is 4.74 Å². The molecule has 20 heavy (non-hydrogen) atoms. The first-order valence-corrected chi connectivity index (χ1v) is 7.33. The van der Waals surface area contributed by atoms with Gasteiger partial charge in [0.2, 0.25) is 0 Å². The number of hydrogen-bond donors (Lipinski definition) is 1. The monoisotopic (exact) mass is 330 g/mol. The molecule has 0 saturated carbocycles. The summed E-state index contributed by atoms with van der Waals surface area (Å²) in [5.41, 5.74) is 1.49. The molecule has 1 N–H and O–H groups in total. The zero-order valence-electron chi connectivity index (χ0n) is 10.9. The van der Waals surface area contributed by atoms with E-state index in [9.17, 15) is 5.11 Å². The summed E-state index contributed by atoms with van der Waals surface area (Å²) in [6.45, 7) is 0.371. The second-order valence-corrected chi connectivity index (χ2v) is 5.83. The molecule has 102 valence electrons. The lowest BCUT2D eigenvalue weighted by Crippen LogP contribution is -2.35. The summed E-state index contributed by atoms with van der Waals surface area (Å²) in [4.78, 5) is 0. The third-order valence-corrected chi connectivity index (χ3v) is 4.34. The minimum absolute atomic E-state index is 0.351. The Hall–Kier alpha value is -1.58. The molecule has 0 saturated heterocycles. The molecule has 0 atom stereocenters. The highest BCUT2D eigenvalue weighted by Crippen LogP contribution is 2.43. The van der Waals surface area contributed by atoms with Gasteiger partial charge >= 0.3 is 0 Å². The zero-order chi connectivity index (χ0) is 14.0. The summed E-state index contributed by atoms with van der Waals surface area (Å²) in [6.07, 6.45) is 0.432. The first kappa shape index (κ1) is 13.4. The van der Waals surface area contributed by atoms with E-state index < -0.39 is 5.60 Å². The van der Waals surface area contributed by atoms with E-state index in [-0.39, 0.29) is 0 Å². The SMILES string of the molecule is OC1=C(Br)COC(c2ccccc2)(c2ccccc2)C1. The van der Waals surface area contributed by atoms with Crippen LogP contribution in [0.1, 0.15) is 17.5 Å². The van der Waals surface area contributed by atoms with E-state index in [1.54, 1.807) is 0 Å². The Bertz CT molecular complexity index is 580. The maximum Gasteiger partial charge on any atom is 0.126 e. The number of aliphatic hydroxyl groups is 1. The van der Waals surface area contributed by atoms with Gasteiger partial charge in [-0.25, -0.2) is 0 Å². The summed E-state index contributed by atoms with van der Waals surface area (Å²) >= 11 is 3.36. The molecule has 1 aliphatic rings. The summed E-state index contributed by atoms with van der Waals surface area (Å²) in [5.74, 6) is 0.351. The van der Waals surface area contributed by atoms with Gasteiger partial charge in [-0.3, -0.25) is 0 Å². The summed E-state index contributed by atoms with van der Waals surface area (Å²) < 4.78 is 6.88. The van der Waals surface area contributed by atoms with Gasteiger partial charge in [0.05, 0.1) is 11.1 Å². The first-order chi connectivity index (χ1) is 9.72. The molecule has 0 spiro atoms. The Morgan fingerprint density at radius 1 is 0.900 bits per heavy atom. The Morgan fingerprint density at radius 2 is 1.40 bits per heavy atom. The highest BCUT2D eigenvalue weighted by atomic mass is 79.9. The van der Waals surface area contributed by atoms with Gasteiger partial charge in [0, 0.05) is 6.42 Å². The van der Waals surface area contributed by atoms with Crippen molar-refractivity contribution in [2.75, 3.05) is 6.61 Å². The van der Waals surface area contributed by atoms with Gasteiger partial charge < -0.3 is 9.84 Å². The molecule has 2 nitrogen and oxygen atoms in total. The van der Waals surface area contributed by atoms with Gasteiger partial charge in [0.15, 0.2) is 0 Å². The van der Waals surface area contributed by atoms with Crippen molar-refractivity contribution in [1.29, 1.82) is 0 Å². The van der Waals surface area contributed by atoms with Gasteiger partial charge in [0.25, 0.3) is 0 Å². The molecule has 0 aromatic heterocycles. The molecule has 0 fully saturated rings. The van der Waals surface area contributed by atoms with Crippen LogP contribution in [0.2, 0.25) is 0 Å². The number of halogens is 1. The molecule has 3 heteroatoms. The fourth-order valence-electron chi connectivity index (χ4n) is 2.60. The molecule has 2 aromatic carbocycles. The van der Waals surface area contributed by atoms with Crippen LogP contribution in [0.4, 0.5) is 0 Å². The Labute approximate surface area is 126 Å². The Morgan fingerprint density at radius 3 is 1.85 bits per heavy atom. The molecule has 0 unspecified atom stereocenters. The van der Waals surface area contributed by atoms with Gasteiger partial charge in [0.1, 0.15) is 11.4 Å². The van der Waals surface area contributed by atoms with E-state index in [1.165, 1.54) is 0 Å². The lowest BCUT2D eigenvalue weighted by molar-refractivity contribution is -0.0232. The van der Waals surface area contributed by atoms with Crippen molar-refractivity contribution in [2.24, 2.45) is 0 Å². The van der Waals surface area contributed by atoms with Crippen molar-refractivity contribution in [2.45, 2.75) is 12.0 Å². The Kier molecular flexibility index (Phi) is 3.64. The summed E-state index contributed by atoms with van der Waals surface area (Å²) in [7, 11) is 0. The molecule has 2 aromatic rings. The quantitative estimate of drug-likeness (QED) is 0.877. The average Bonchev–Trinajstić information content (AvgIpc) is 2.52. The van der Waals surface area contributed by atoms with Crippen LogP contribution in [0.25, 0.3) is 0 Å². The van der Waals surface area contributed by atoms with Crippen LogP contribution in [-0.4, -0.2) is 11.7 Å². The molecule has 1 heterocycles. The molecular weight excluding hydrogens is 316 g/mol. The van der Waals surface area contributed by atoms with Gasteiger partial charge in [-0.05, 0) is 27.1 Å². The maximum absolute atomic E-state index is 10.2. The topological polar surface area (TPSA) is 29.5 Å². The fraction of sp³-hybridized carbons (Fsp3) is 0.176. The average molecular weight is 331 g/mol. The van der Waals surface area contributed by atoms with Crippen molar-refractivity contribution >= 4 is 15.9 Å². The third-order valence-electron chi connectivity index (χ3n) is 3.66. The second-order valence-electron chi connectivity index (χ2n) is 4.88. The van der Waals surface area contributed by atoms with Gasteiger partial charge in [-0.1, -0.05) is 60.7 Å². The molecule has 3 rings (SSSR count). The van der Waals surface area contributed by atoms with Crippen LogP contribution >= 0.6 is 15.9 Å². The van der Waals surface area contributed by atoms with Crippen LogP contribution in [0, 0.1) is 0 Å². The molecular formula is C17H15BrO2. The highest BCUT2D eigenvalue weighted by molar-refractivity contribution is 9.11. The number of aliphatic hydroxyl groups excluding tert-OH is 1. The van der Waals surface area contributed by atoms with Crippen molar-refractivity contribution < 1.29 is 9.84 Å². The van der Waals surface area contributed by atoms with E-state index in [0.717, 1.165) is 15.6 Å². The van der Waals surface area contributed by atoms with Crippen molar-refractivity contribution in [3.05, 3.63) is 82.0 Å². The number of hydrogen-bond acceptors (Lipinski definition) is 2. The van der Waals surface area contributed by atoms with Gasteiger partial charge in [-0.2, -0.15) is 0 Å². The minimum atomic E-state index is -0.621. The van der Waals surface area contributed by atoms with Crippen molar-refractivity contribution in [1.82, 2.24) is 0 Å². The van der Waals surface area contributed by atoms with E-state index in [2.05, 4.69) is 15.9 Å². The third kappa shape index (κ3) is 2.28. The molecule has 1 aliphatic heterocycles. The normalized spacial score (nSPS) is 18.1. The van der Waals surface area contributed by atoms with E-state index in [0.29, 0.717) is 18.8 Å². The van der Waals surface area contributed by atoms with E-state index >= 15 is 0 Å². The number of ether oxygens (including phenoxy) is 1. The number of rotatable bonds is 2.